The molecule has 0 unspecified atom stereocenters. The summed E-state index contributed by atoms with van der Waals surface area (Å²) in [4.78, 5) is 20.4. The Morgan fingerprint density at radius 2 is 1.87 bits per heavy atom. The maximum atomic E-state index is 12.8. The molecule has 0 aliphatic rings. The average Bonchev–Trinajstić information content (AvgIpc) is 3.05. The molecule has 1 N–H and O–H groups in total. The summed E-state index contributed by atoms with van der Waals surface area (Å²) >= 11 is 1.53. The van der Waals surface area contributed by atoms with Crippen LogP contribution in [0, 0.1) is 5.82 Å². The fraction of sp³-hybridized carbons (Fsp3) is 0.118. The van der Waals surface area contributed by atoms with Gasteiger partial charge in [-0.3, -0.25) is 9.78 Å². The molecule has 116 valence electrons. The van der Waals surface area contributed by atoms with Crippen LogP contribution in [0.2, 0.25) is 0 Å². The number of carbonyl (C=O) groups excluding carboxylic acids is 1. The lowest BCUT2D eigenvalue weighted by Crippen LogP contribution is -2.24. The Hall–Kier alpha value is -2.60. The van der Waals surface area contributed by atoms with E-state index in [1.807, 2.05) is 17.5 Å². The summed E-state index contributed by atoms with van der Waals surface area (Å²) in [6.07, 6.45) is 3.67. The molecule has 1 amide bonds. The third-order valence-electron chi connectivity index (χ3n) is 3.22. The van der Waals surface area contributed by atoms with E-state index in [1.165, 1.54) is 23.5 Å². The molecule has 23 heavy (non-hydrogen) atoms. The van der Waals surface area contributed by atoms with Gasteiger partial charge in [0.05, 0.1) is 18.7 Å². The largest absolute Gasteiger partial charge is 0.350 e. The lowest BCUT2D eigenvalue weighted by Gasteiger charge is -2.03. The summed E-state index contributed by atoms with van der Waals surface area (Å²) in [5.41, 5.74) is 2.60. The van der Waals surface area contributed by atoms with Crippen molar-refractivity contribution >= 4 is 17.2 Å². The number of hydrogen-bond donors (Lipinski definition) is 1. The van der Waals surface area contributed by atoms with Crippen LogP contribution in [0.25, 0.3) is 10.6 Å². The van der Waals surface area contributed by atoms with E-state index in [-0.39, 0.29) is 18.1 Å². The molecule has 1 aromatic carbocycles. The minimum absolute atomic E-state index is 0.116. The van der Waals surface area contributed by atoms with Gasteiger partial charge in [-0.2, -0.15) is 0 Å². The summed E-state index contributed by atoms with van der Waals surface area (Å²) < 4.78 is 12.8. The molecular formula is C17H14FN3OS. The van der Waals surface area contributed by atoms with E-state index in [1.54, 1.807) is 24.5 Å². The summed E-state index contributed by atoms with van der Waals surface area (Å²) in [7, 11) is 0. The molecule has 6 heteroatoms. The van der Waals surface area contributed by atoms with Crippen molar-refractivity contribution in [3.8, 4) is 10.6 Å². The zero-order valence-corrected chi connectivity index (χ0v) is 13.0. The highest BCUT2D eigenvalue weighted by Gasteiger charge is 2.07. The molecule has 0 aliphatic heterocycles. The first-order valence-corrected chi connectivity index (χ1v) is 7.94. The smallest absolute Gasteiger partial charge is 0.224 e. The quantitative estimate of drug-likeness (QED) is 0.783. The molecule has 4 nitrogen and oxygen atoms in total. The molecule has 0 radical (unpaired) electrons. The minimum Gasteiger partial charge on any atom is -0.350 e. The first-order chi connectivity index (χ1) is 11.2. The molecule has 3 rings (SSSR count). The minimum atomic E-state index is -0.305. The Bertz CT molecular complexity index is 787. The van der Waals surface area contributed by atoms with Crippen molar-refractivity contribution < 1.29 is 9.18 Å². The topological polar surface area (TPSA) is 54.9 Å². The Balaban J connectivity index is 1.55. The monoisotopic (exact) mass is 327 g/mol. The second kappa shape index (κ2) is 7.11. The predicted octanol–water partition coefficient (Wildman–Crippen LogP) is 3.20. The molecule has 3 aromatic rings. The maximum Gasteiger partial charge on any atom is 0.224 e. The van der Waals surface area contributed by atoms with Gasteiger partial charge in [0.1, 0.15) is 10.8 Å². The van der Waals surface area contributed by atoms with Crippen LogP contribution in [0.1, 0.15) is 11.3 Å². The molecular weight excluding hydrogens is 313 g/mol. The molecule has 0 aliphatic carbocycles. The number of rotatable bonds is 5. The van der Waals surface area contributed by atoms with Crippen molar-refractivity contribution in [2.75, 3.05) is 0 Å². The number of nitrogens with zero attached hydrogens (tertiary/aromatic N) is 2. The van der Waals surface area contributed by atoms with Crippen molar-refractivity contribution in [1.29, 1.82) is 0 Å². The van der Waals surface area contributed by atoms with E-state index in [0.29, 0.717) is 6.54 Å². The van der Waals surface area contributed by atoms with Crippen LogP contribution in [0.5, 0.6) is 0 Å². The predicted molar refractivity (Wildman–Crippen MR) is 87.3 cm³/mol. The van der Waals surface area contributed by atoms with Gasteiger partial charge in [0.25, 0.3) is 0 Å². The van der Waals surface area contributed by atoms with Gasteiger partial charge in [-0.25, -0.2) is 9.37 Å². The van der Waals surface area contributed by atoms with Crippen molar-refractivity contribution in [2.24, 2.45) is 0 Å². The number of nitrogens with one attached hydrogen (secondary N) is 1. The third kappa shape index (κ3) is 4.20. The second-order valence-corrected chi connectivity index (χ2v) is 5.82. The van der Waals surface area contributed by atoms with Crippen molar-refractivity contribution in [1.82, 2.24) is 15.3 Å². The van der Waals surface area contributed by atoms with E-state index in [9.17, 15) is 9.18 Å². The van der Waals surface area contributed by atoms with Crippen LogP contribution in [0.15, 0.2) is 54.2 Å². The summed E-state index contributed by atoms with van der Waals surface area (Å²) in [6.45, 7) is 0.377. The Morgan fingerprint density at radius 1 is 1.13 bits per heavy atom. The molecule has 0 atom stereocenters. The zero-order valence-electron chi connectivity index (χ0n) is 12.2. The van der Waals surface area contributed by atoms with Gasteiger partial charge in [0, 0.05) is 23.3 Å². The zero-order chi connectivity index (χ0) is 16.1. The summed E-state index contributed by atoms with van der Waals surface area (Å²) in [6, 6.07) is 9.72. The van der Waals surface area contributed by atoms with Crippen molar-refractivity contribution in [3.63, 3.8) is 0 Å². The maximum absolute atomic E-state index is 12.8. The van der Waals surface area contributed by atoms with Crippen molar-refractivity contribution in [3.05, 3.63) is 71.2 Å². The van der Waals surface area contributed by atoms with Crippen LogP contribution < -0.4 is 5.32 Å². The lowest BCUT2D eigenvalue weighted by molar-refractivity contribution is -0.120. The van der Waals surface area contributed by atoms with Crippen LogP contribution in [0.3, 0.4) is 0 Å². The van der Waals surface area contributed by atoms with Crippen LogP contribution >= 0.6 is 11.3 Å². The number of carbonyl (C=O) groups is 1. The molecule has 0 fully saturated rings. The highest BCUT2D eigenvalue weighted by Crippen LogP contribution is 2.22. The molecule has 2 aromatic heterocycles. The van der Waals surface area contributed by atoms with Gasteiger partial charge in [-0.15, -0.1) is 11.3 Å². The number of halogens is 1. The molecule has 0 spiro atoms. The standard InChI is InChI=1S/C17H14FN3OS/c18-14-3-1-12(2-4-14)9-16(22)20-10-15-11-23-17(21-15)13-5-7-19-8-6-13/h1-8,11H,9-10H2,(H,20,22). The fourth-order valence-corrected chi connectivity index (χ4v) is 2.88. The van der Waals surface area contributed by atoms with E-state index in [0.717, 1.165) is 21.8 Å². The molecule has 0 saturated heterocycles. The second-order valence-electron chi connectivity index (χ2n) is 4.96. The summed E-state index contributed by atoms with van der Waals surface area (Å²) in [5.74, 6) is -0.421. The van der Waals surface area contributed by atoms with Crippen LogP contribution in [-0.2, 0) is 17.8 Å². The van der Waals surface area contributed by atoms with E-state index in [2.05, 4.69) is 15.3 Å². The molecule has 0 bridgehead atoms. The van der Waals surface area contributed by atoms with E-state index >= 15 is 0 Å². The Morgan fingerprint density at radius 3 is 2.61 bits per heavy atom. The molecule has 2 heterocycles. The van der Waals surface area contributed by atoms with Gasteiger partial charge in [-0.05, 0) is 29.8 Å². The lowest BCUT2D eigenvalue weighted by atomic mass is 10.1. The number of benzene rings is 1. The van der Waals surface area contributed by atoms with Gasteiger partial charge in [0.2, 0.25) is 5.91 Å². The van der Waals surface area contributed by atoms with Crippen LogP contribution in [-0.4, -0.2) is 15.9 Å². The average molecular weight is 327 g/mol. The number of amides is 1. The van der Waals surface area contributed by atoms with Gasteiger partial charge in [0.15, 0.2) is 0 Å². The highest BCUT2D eigenvalue weighted by atomic mass is 32.1. The van der Waals surface area contributed by atoms with Crippen molar-refractivity contribution in [2.45, 2.75) is 13.0 Å². The number of aromatic nitrogens is 2. The number of thiazole rings is 1. The van der Waals surface area contributed by atoms with E-state index < -0.39 is 0 Å². The third-order valence-corrected chi connectivity index (χ3v) is 4.16. The molecule has 0 saturated carbocycles. The normalized spacial score (nSPS) is 10.5. The van der Waals surface area contributed by atoms with Crippen LogP contribution in [0.4, 0.5) is 4.39 Å². The Kier molecular flexibility index (Phi) is 4.73. The highest BCUT2D eigenvalue weighted by molar-refractivity contribution is 7.13. The fourth-order valence-electron chi connectivity index (χ4n) is 2.05. The first-order valence-electron chi connectivity index (χ1n) is 7.06. The van der Waals surface area contributed by atoms with Gasteiger partial charge >= 0.3 is 0 Å². The SMILES string of the molecule is O=C(Cc1ccc(F)cc1)NCc1csc(-c2ccncc2)n1. The van der Waals surface area contributed by atoms with Gasteiger partial charge < -0.3 is 5.32 Å². The first kappa shape index (κ1) is 15.3. The summed E-state index contributed by atoms with van der Waals surface area (Å²) in [5, 5.41) is 5.65. The van der Waals surface area contributed by atoms with Gasteiger partial charge in [-0.1, -0.05) is 12.1 Å². The number of hydrogen-bond acceptors (Lipinski definition) is 4. The number of pyridine rings is 1. The Labute approximate surface area is 137 Å². The van der Waals surface area contributed by atoms with E-state index in [4.69, 9.17) is 0 Å².